The highest BCUT2D eigenvalue weighted by molar-refractivity contribution is 5.37. The van der Waals surface area contributed by atoms with Gasteiger partial charge in [0.25, 0.3) is 0 Å². The highest BCUT2D eigenvalue weighted by atomic mass is 19.1. The number of nitrogens with zero attached hydrogens (tertiary/aromatic N) is 1. The molecule has 1 aromatic carbocycles. The van der Waals surface area contributed by atoms with Crippen LogP contribution in [0.3, 0.4) is 0 Å². The summed E-state index contributed by atoms with van der Waals surface area (Å²) in [6, 6.07) is 4.31. The maximum absolute atomic E-state index is 14.1. The molecule has 1 aliphatic carbocycles. The largest absolute Gasteiger partial charge is 0.325 e. The predicted octanol–water partition coefficient (Wildman–Crippen LogP) is 3.33. The first-order valence-electron chi connectivity index (χ1n) is 6.72. The molecule has 2 N–H and O–H groups in total. The minimum atomic E-state index is -0.735. The van der Waals surface area contributed by atoms with E-state index in [1.165, 1.54) is 12.1 Å². The van der Waals surface area contributed by atoms with Crippen LogP contribution in [0.5, 0.6) is 0 Å². The zero-order valence-corrected chi connectivity index (χ0v) is 10.9. The van der Waals surface area contributed by atoms with Crippen LogP contribution in [0.4, 0.5) is 10.1 Å². The Kier molecular flexibility index (Phi) is 4.14. The van der Waals surface area contributed by atoms with E-state index < -0.39 is 22.0 Å². The fraction of sp³-hybridized carbons (Fsp3) is 0.571. The van der Waals surface area contributed by atoms with Crippen LogP contribution in [0.25, 0.3) is 0 Å². The summed E-state index contributed by atoms with van der Waals surface area (Å²) in [7, 11) is 0. The third kappa shape index (κ3) is 3.29. The summed E-state index contributed by atoms with van der Waals surface area (Å²) in [4.78, 5) is 10.0. The first-order chi connectivity index (χ1) is 9.02. The van der Waals surface area contributed by atoms with Gasteiger partial charge in [-0.15, -0.1) is 0 Å². The molecule has 4 nitrogen and oxygen atoms in total. The summed E-state index contributed by atoms with van der Waals surface area (Å²) in [5, 5.41) is 10.7. The molecule has 0 heterocycles. The van der Waals surface area contributed by atoms with Crippen molar-refractivity contribution < 1.29 is 9.31 Å². The molecule has 0 spiro atoms. The average Bonchev–Trinajstić information content (AvgIpc) is 2.56. The van der Waals surface area contributed by atoms with Gasteiger partial charge in [0.2, 0.25) is 5.82 Å². The second kappa shape index (κ2) is 5.65. The van der Waals surface area contributed by atoms with E-state index in [0.717, 1.165) is 38.5 Å². The topological polar surface area (TPSA) is 69.2 Å². The van der Waals surface area contributed by atoms with E-state index in [2.05, 4.69) is 0 Å². The van der Waals surface area contributed by atoms with Crippen LogP contribution in [0.15, 0.2) is 18.2 Å². The molecule has 0 radical (unpaired) electrons. The second-order valence-corrected chi connectivity index (χ2v) is 5.46. The fourth-order valence-corrected chi connectivity index (χ4v) is 2.83. The van der Waals surface area contributed by atoms with Crippen LogP contribution in [0.1, 0.15) is 44.1 Å². The van der Waals surface area contributed by atoms with Gasteiger partial charge < -0.3 is 5.73 Å². The molecule has 1 fully saturated rings. The Morgan fingerprint density at radius 1 is 1.26 bits per heavy atom. The lowest BCUT2D eigenvalue weighted by molar-refractivity contribution is -0.387. The summed E-state index contributed by atoms with van der Waals surface area (Å²) in [6.07, 6.45) is 6.51. The van der Waals surface area contributed by atoms with Crippen molar-refractivity contribution in [1.82, 2.24) is 0 Å². The summed E-state index contributed by atoms with van der Waals surface area (Å²) in [6.45, 7) is 0. The molecule has 2 rings (SSSR count). The molecule has 1 saturated carbocycles. The number of nitro benzene ring substituents is 1. The average molecular weight is 266 g/mol. The standard InChI is InChI=1S/C14H19FN2O2/c15-13-11(6-5-7-12(13)17(18)19)10-14(16)8-3-1-2-4-9-14/h5-7H,1-4,8-10,16H2. The number of benzene rings is 1. The maximum atomic E-state index is 14.1. The van der Waals surface area contributed by atoms with Crippen LogP contribution in [0, 0.1) is 15.9 Å². The molecule has 1 aliphatic rings. The van der Waals surface area contributed by atoms with Crippen LogP contribution in [-0.2, 0) is 6.42 Å². The Labute approximate surface area is 112 Å². The molecular weight excluding hydrogens is 247 g/mol. The molecular formula is C14H19FN2O2. The van der Waals surface area contributed by atoms with Gasteiger partial charge in [0.05, 0.1) is 4.92 Å². The third-order valence-electron chi connectivity index (χ3n) is 3.90. The Bertz CT molecular complexity index is 469. The molecule has 0 aromatic heterocycles. The number of rotatable bonds is 3. The van der Waals surface area contributed by atoms with Crippen LogP contribution in [-0.4, -0.2) is 10.5 Å². The molecule has 19 heavy (non-hydrogen) atoms. The molecule has 0 amide bonds. The van der Waals surface area contributed by atoms with Gasteiger partial charge in [0.15, 0.2) is 0 Å². The van der Waals surface area contributed by atoms with Gasteiger partial charge >= 0.3 is 5.69 Å². The van der Waals surface area contributed by atoms with E-state index >= 15 is 0 Å². The zero-order valence-electron chi connectivity index (χ0n) is 10.9. The van der Waals surface area contributed by atoms with Gasteiger partial charge in [0, 0.05) is 11.6 Å². The third-order valence-corrected chi connectivity index (χ3v) is 3.90. The van der Waals surface area contributed by atoms with E-state index in [0.29, 0.717) is 12.0 Å². The normalized spacial score (nSPS) is 18.8. The number of hydrogen-bond donors (Lipinski definition) is 1. The van der Waals surface area contributed by atoms with E-state index in [9.17, 15) is 14.5 Å². The van der Waals surface area contributed by atoms with Gasteiger partial charge in [-0.05, 0) is 24.8 Å². The lowest BCUT2D eigenvalue weighted by atomic mass is 9.84. The molecule has 0 bridgehead atoms. The summed E-state index contributed by atoms with van der Waals surface area (Å²) >= 11 is 0. The fourth-order valence-electron chi connectivity index (χ4n) is 2.83. The van der Waals surface area contributed by atoms with Crippen molar-refractivity contribution in [2.24, 2.45) is 5.73 Å². The lowest BCUT2D eigenvalue weighted by Crippen LogP contribution is -2.41. The van der Waals surface area contributed by atoms with Crippen LogP contribution in [0.2, 0.25) is 0 Å². The summed E-state index contributed by atoms with van der Waals surface area (Å²) in [5.74, 6) is -0.735. The molecule has 0 unspecified atom stereocenters. The van der Waals surface area contributed by atoms with Crippen molar-refractivity contribution in [3.05, 3.63) is 39.7 Å². The van der Waals surface area contributed by atoms with Gasteiger partial charge in [-0.2, -0.15) is 4.39 Å². The molecule has 5 heteroatoms. The predicted molar refractivity (Wildman–Crippen MR) is 71.4 cm³/mol. The highest BCUT2D eigenvalue weighted by Crippen LogP contribution is 2.30. The SMILES string of the molecule is NC1(Cc2cccc([N+](=O)[O-])c2F)CCCCCC1. The van der Waals surface area contributed by atoms with E-state index in [-0.39, 0.29) is 0 Å². The van der Waals surface area contributed by atoms with E-state index in [1.807, 2.05) is 0 Å². The first-order valence-corrected chi connectivity index (χ1v) is 6.72. The number of halogens is 1. The van der Waals surface area contributed by atoms with Crippen molar-refractivity contribution in [3.63, 3.8) is 0 Å². The van der Waals surface area contributed by atoms with Crippen molar-refractivity contribution in [1.29, 1.82) is 0 Å². The lowest BCUT2D eigenvalue weighted by Gasteiger charge is -2.28. The minimum absolute atomic E-state index is 0.360. The second-order valence-electron chi connectivity index (χ2n) is 5.46. The van der Waals surface area contributed by atoms with E-state index in [1.54, 1.807) is 6.07 Å². The van der Waals surface area contributed by atoms with Gasteiger partial charge in [-0.25, -0.2) is 0 Å². The smallest absolute Gasteiger partial charge is 0.305 e. The minimum Gasteiger partial charge on any atom is -0.325 e. The van der Waals surface area contributed by atoms with Crippen LogP contribution >= 0.6 is 0 Å². The Hall–Kier alpha value is -1.49. The number of nitrogens with two attached hydrogens (primary N) is 1. The Morgan fingerprint density at radius 2 is 1.89 bits per heavy atom. The summed E-state index contributed by atoms with van der Waals surface area (Å²) in [5.41, 5.74) is 5.82. The Morgan fingerprint density at radius 3 is 2.47 bits per heavy atom. The molecule has 0 atom stereocenters. The maximum Gasteiger partial charge on any atom is 0.305 e. The van der Waals surface area contributed by atoms with Gasteiger partial charge in [-0.1, -0.05) is 37.8 Å². The van der Waals surface area contributed by atoms with Gasteiger partial charge in [0.1, 0.15) is 0 Å². The van der Waals surface area contributed by atoms with Crippen molar-refractivity contribution >= 4 is 5.69 Å². The molecule has 1 aromatic rings. The van der Waals surface area contributed by atoms with Crippen LogP contribution < -0.4 is 5.73 Å². The summed E-state index contributed by atoms with van der Waals surface area (Å²) < 4.78 is 14.1. The van der Waals surface area contributed by atoms with E-state index in [4.69, 9.17) is 5.73 Å². The number of hydrogen-bond acceptors (Lipinski definition) is 3. The molecule has 104 valence electrons. The zero-order chi connectivity index (χ0) is 13.9. The number of nitro groups is 1. The van der Waals surface area contributed by atoms with Crippen molar-refractivity contribution in [2.75, 3.05) is 0 Å². The van der Waals surface area contributed by atoms with Gasteiger partial charge in [-0.3, -0.25) is 10.1 Å². The molecule has 0 aliphatic heterocycles. The quantitative estimate of drug-likeness (QED) is 0.518. The first kappa shape index (κ1) is 13.9. The monoisotopic (exact) mass is 266 g/mol. The highest BCUT2D eigenvalue weighted by Gasteiger charge is 2.29. The van der Waals surface area contributed by atoms with Crippen molar-refractivity contribution in [2.45, 2.75) is 50.5 Å². The Balaban J connectivity index is 2.22. The molecule has 0 saturated heterocycles. The van der Waals surface area contributed by atoms with Crippen molar-refractivity contribution in [3.8, 4) is 0 Å².